The van der Waals surface area contributed by atoms with Crippen LogP contribution in [0, 0.1) is 11.3 Å². The van der Waals surface area contributed by atoms with Crippen LogP contribution in [0.4, 0.5) is 0 Å². The van der Waals surface area contributed by atoms with Gasteiger partial charge in [-0.05, 0) is 30.6 Å². The van der Waals surface area contributed by atoms with Crippen molar-refractivity contribution in [3.63, 3.8) is 0 Å². The second-order valence-corrected chi connectivity index (χ2v) is 6.53. The highest BCUT2D eigenvalue weighted by atomic mass is 16.3. The van der Waals surface area contributed by atoms with E-state index in [1.54, 1.807) is 0 Å². The molecule has 1 aliphatic rings. The van der Waals surface area contributed by atoms with E-state index in [0.717, 1.165) is 18.9 Å². The molecule has 0 amide bonds. The predicted molar refractivity (Wildman–Crippen MR) is 69.5 cm³/mol. The molecule has 1 rings (SSSR count). The lowest BCUT2D eigenvalue weighted by atomic mass is 9.89. The summed E-state index contributed by atoms with van der Waals surface area (Å²) < 4.78 is 0. The average molecular weight is 227 g/mol. The monoisotopic (exact) mass is 227 g/mol. The van der Waals surface area contributed by atoms with E-state index < -0.39 is 0 Å². The van der Waals surface area contributed by atoms with Gasteiger partial charge in [-0.3, -0.25) is 0 Å². The van der Waals surface area contributed by atoms with Gasteiger partial charge in [-0.1, -0.05) is 40.5 Å². The fourth-order valence-corrected chi connectivity index (χ4v) is 2.86. The molecule has 3 atom stereocenters. The molecule has 1 aliphatic carbocycles. The zero-order valence-electron chi connectivity index (χ0n) is 11.4. The first-order valence-electron chi connectivity index (χ1n) is 6.84. The van der Waals surface area contributed by atoms with E-state index in [1.165, 1.54) is 25.7 Å². The molecule has 16 heavy (non-hydrogen) atoms. The minimum absolute atomic E-state index is 0.196. The molecular weight excluding hydrogens is 198 g/mol. The van der Waals surface area contributed by atoms with Crippen LogP contribution in [0.2, 0.25) is 0 Å². The molecule has 0 aromatic rings. The average Bonchev–Trinajstić information content (AvgIpc) is 2.59. The normalized spacial score (nSPS) is 28.3. The number of aliphatic hydroxyl groups is 1. The third kappa shape index (κ3) is 4.84. The van der Waals surface area contributed by atoms with Crippen LogP contribution < -0.4 is 5.32 Å². The standard InChI is InChI=1S/C14H29NO/c1-5-11-7-6-8-13(11)15-10-12(16)9-14(2,3)4/h11-13,15-16H,5-10H2,1-4H3. The summed E-state index contributed by atoms with van der Waals surface area (Å²) in [6.07, 6.45) is 5.96. The number of rotatable bonds is 5. The van der Waals surface area contributed by atoms with Crippen LogP contribution in [-0.2, 0) is 0 Å². The van der Waals surface area contributed by atoms with Gasteiger partial charge in [-0.2, -0.15) is 0 Å². The van der Waals surface area contributed by atoms with Crippen molar-refractivity contribution in [2.24, 2.45) is 11.3 Å². The molecule has 0 spiro atoms. The fraction of sp³-hybridized carbons (Fsp3) is 1.00. The largest absolute Gasteiger partial charge is 0.392 e. The second kappa shape index (κ2) is 6.02. The van der Waals surface area contributed by atoms with Gasteiger partial charge >= 0.3 is 0 Å². The lowest BCUT2D eigenvalue weighted by molar-refractivity contribution is 0.114. The molecule has 0 aromatic heterocycles. The number of aliphatic hydroxyl groups excluding tert-OH is 1. The van der Waals surface area contributed by atoms with Crippen molar-refractivity contribution >= 4 is 0 Å². The van der Waals surface area contributed by atoms with Crippen molar-refractivity contribution in [1.29, 1.82) is 0 Å². The molecule has 0 saturated heterocycles. The Morgan fingerprint density at radius 3 is 2.56 bits per heavy atom. The van der Waals surface area contributed by atoms with Gasteiger partial charge in [-0.25, -0.2) is 0 Å². The third-order valence-electron chi connectivity index (χ3n) is 3.65. The van der Waals surface area contributed by atoms with E-state index in [2.05, 4.69) is 33.0 Å². The number of hydrogen-bond acceptors (Lipinski definition) is 2. The second-order valence-electron chi connectivity index (χ2n) is 6.53. The first kappa shape index (κ1) is 14.0. The van der Waals surface area contributed by atoms with Gasteiger partial charge < -0.3 is 10.4 Å². The van der Waals surface area contributed by atoms with Crippen LogP contribution in [-0.4, -0.2) is 23.8 Å². The number of hydrogen-bond donors (Lipinski definition) is 2. The Bertz CT molecular complexity index is 197. The Morgan fingerprint density at radius 1 is 1.31 bits per heavy atom. The Kier molecular flexibility index (Phi) is 5.26. The summed E-state index contributed by atoms with van der Waals surface area (Å²) in [7, 11) is 0. The van der Waals surface area contributed by atoms with E-state index in [9.17, 15) is 5.11 Å². The Labute approximate surface area is 101 Å². The van der Waals surface area contributed by atoms with E-state index in [0.29, 0.717) is 6.04 Å². The Morgan fingerprint density at radius 2 is 2.00 bits per heavy atom. The van der Waals surface area contributed by atoms with E-state index in [-0.39, 0.29) is 11.5 Å². The predicted octanol–water partition coefficient (Wildman–Crippen LogP) is 2.95. The van der Waals surface area contributed by atoms with Gasteiger partial charge in [-0.15, -0.1) is 0 Å². The van der Waals surface area contributed by atoms with Crippen molar-refractivity contribution in [2.45, 2.75) is 71.9 Å². The summed E-state index contributed by atoms with van der Waals surface area (Å²) >= 11 is 0. The summed E-state index contributed by atoms with van der Waals surface area (Å²) in [5, 5.41) is 13.5. The fourth-order valence-electron chi connectivity index (χ4n) is 2.86. The quantitative estimate of drug-likeness (QED) is 0.757. The molecule has 3 unspecified atom stereocenters. The zero-order chi connectivity index (χ0) is 12.2. The lowest BCUT2D eigenvalue weighted by Crippen LogP contribution is -2.38. The molecule has 1 fully saturated rings. The number of nitrogens with one attached hydrogen (secondary N) is 1. The molecule has 2 nitrogen and oxygen atoms in total. The van der Waals surface area contributed by atoms with E-state index in [4.69, 9.17) is 0 Å². The van der Waals surface area contributed by atoms with Crippen LogP contribution in [0.25, 0.3) is 0 Å². The highest BCUT2D eigenvalue weighted by Gasteiger charge is 2.26. The maximum atomic E-state index is 9.94. The summed E-state index contributed by atoms with van der Waals surface area (Å²) in [6.45, 7) is 9.58. The van der Waals surface area contributed by atoms with Crippen molar-refractivity contribution in [2.75, 3.05) is 6.54 Å². The molecule has 0 radical (unpaired) electrons. The SMILES string of the molecule is CCC1CCCC1NCC(O)CC(C)(C)C. The van der Waals surface area contributed by atoms with Crippen molar-refractivity contribution < 1.29 is 5.11 Å². The maximum absolute atomic E-state index is 9.94. The van der Waals surface area contributed by atoms with Crippen molar-refractivity contribution in [3.05, 3.63) is 0 Å². The van der Waals surface area contributed by atoms with Crippen molar-refractivity contribution in [1.82, 2.24) is 5.32 Å². The van der Waals surface area contributed by atoms with Gasteiger partial charge in [0.25, 0.3) is 0 Å². The molecule has 2 N–H and O–H groups in total. The smallest absolute Gasteiger partial charge is 0.0669 e. The van der Waals surface area contributed by atoms with E-state index in [1.807, 2.05) is 0 Å². The first-order chi connectivity index (χ1) is 7.42. The summed E-state index contributed by atoms with van der Waals surface area (Å²) in [6, 6.07) is 0.652. The highest BCUT2D eigenvalue weighted by molar-refractivity contribution is 4.83. The van der Waals surface area contributed by atoms with Crippen LogP contribution in [0.5, 0.6) is 0 Å². The third-order valence-corrected chi connectivity index (χ3v) is 3.65. The first-order valence-corrected chi connectivity index (χ1v) is 6.84. The van der Waals surface area contributed by atoms with Crippen LogP contribution >= 0.6 is 0 Å². The molecule has 1 saturated carbocycles. The van der Waals surface area contributed by atoms with Gasteiger partial charge in [0.2, 0.25) is 0 Å². The maximum Gasteiger partial charge on any atom is 0.0669 e. The summed E-state index contributed by atoms with van der Waals surface area (Å²) in [4.78, 5) is 0. The Hall–Kier alpha value is -0.0800. The molecular formula is C14H29NO. The summed E-state index contributed by atoms with van der Waals surface area (Å²) in [5.41, 5.74) is 0.223. The molecule has 0 aliphatic heterocycles. The minimum atomic E-state index is -0.196. The van der Waals surface area contributed by atoms with Crippen LogP contribution in [0.15, 0.2) is 0 Å². The minimum Gasteiger partial charge on any atom is -0.392 e. The lowest BCUT2D eigenvalue weighted by Gasteiger charge is -2.25. The van der Waals surface area contributed by atoms with Gasteiger partial charge in [0, 0.05) is 12.6 Å². The van der Waals surface area contributed by atoms with Crippen LogP contribution in [0.3, 0.4) is 0 Å². The molecule has 2 heteroatoms. The zero-order valence-corrected chi connectivity index (χ0v) is 11.4. The van der Waals surface area contributed by atoms with Crippen LogP contribution in [0.1, 0.15) is 59.8 Å². The highest BCUT2D eigenvalue weighted by Crippen LogP contribution is 2.28. The van der Waals surface area contributed by atoms with Gasteiger partial charge in [0.05, 0.1) is 6.10 Å². The van der Waals surface area contributed by atoms with Gasteiger partial charge in [0.1, 0.15) is 0 Å². The van der Waals surface area contributed by atoms with Gasteiger partial charge in [0.15, 0.2) is 0 Å². The summed E-state index contributed by atoms with van der Waals surface area (Å²) in [5.74, 6) is 0.835. The molecule has 0 aromatic carbocycles. The molecule has 0 heterocycles. The van der Waals surface area contributed by atoms with Crippen molar-refractivity contribution in [3.8, 4) is 0 Å². The molecule has 96 valence electrons. The van der Waals surface area contributed by atoms with E-state index >= 15 is 0 Å². The Balaban J connectivity index is 2.23. The molecule has 0 bridgehead atoms. The topological polar surface area (TPSA) is 32.3 Å².